The molecule has 2 aliphatic carbocycles. The van der Waals surface area contributed by atoms with E-state index in [1.165, 1.54) is 0 Å². The second-order valence-corrected chi connectivity index (χ2v) is 19.6. The van der Waals surface area contributed by atoms with E-state index < -0.39 is 44.7 Å². The number of Topliss-reactive ketones (excluding diaryl/α,β-unsaturated/α-hetero) is 2. The number of allylic oxidation sites excluding steroid dienone is 3. The number of carbonyl (C=O) groups is 4. The average Bonchev–Trinajstić information content (AvgIpc) is 4.17. The zero-order valence-electron chi connectivity index (χ0n) is 34.6. The standard InChI is InChI=1S/C48H57N3O8S/c1-58-44-28-41-39-25-33(44)18-10-5-2-3-8-15-21-36(52)24-34-19-11-6-4-7-14-20-35-29-48(35,47(55)50-60(56,57)38-22-23-38)30-43(53)42-26-37(31-51(42)46(34)54)59-45(39)27-40(49-41)32-16-12-9-13-17-32/h9-10,12-14,16-18,20,25,27-28,34-35,37-38,42H,2-8,11,15,19,21-24,26,29-31H2,1H3,(H,50,55)/b18-10+,20-14-/t34-,35-,37-,42+,48-/m1/s1. The third kappa shape index (κ3) is 9.38. The van der Waals surface area contributed by atoms with Gasteiger partial charge < -0.3 is 14.4 Å². The number of carbonyl (C=O) groups excluding carboxylic acids is 4. The van der Waals surface area contributed by atoms with Crippen molar-refractivity contribution in [3.8, 4) is 22.8 Å². The molecule has 2 aromatic carbocycles. The van der Waals surface area contributed by atoms with Gasteiger partial charge in [0.25, 0.3) is 0 Å². The molecule has 5 aliphatic rings. The van der Waals surface area contributed by atoms with E-state index in [2.05, 4.69) is 16.9 Å². The van der Waals surface area contributed by atoms with Crippen LogP contribution in [0.15, 0.2) is 66.8 Å². The van der Waals surface area contributed by atoms with Crippen LogP contribution in [0.3, 0.4) is 0 Å². The topological polar surface area (TPSA) is 149 Å². The number of pyridine rings is 1. The molecule has 1 aromatic heterocycles. The van der Waals surface area contributed by atoms with Gasteiger partial charge in [-0.2, -0.15) is 0 Å². The fourth-order valence-corrected chi connectivity index (χ4v) is 10.8. The molecule has 0 spiro atoms. The highest BCUT2D eigenvalue weighted by atomic mass is 32.2. The third-order valence-corrected chi connectivity index (χ3v) is 15.0. The van der Waals surface area contributed by atoms with Gasteiger partial charge in [0.05, 0.1) is 41.6 Å². The van der Waals surface area contributed by atoms with Crippen molar-refractivity contribution in [2.24, 2.45) is 17.3 Å². The lowest BCUT2D eigenvalue weighted by Gasteiger charge is -2.29. The molecule has 8 rings (SSSR count). The van der Waals surface area contributed by atoms with E-state index in [1.807, 2.05) is 60.7 Å². The van der Waals surface area contributed by atoms with Gasteiger partial charge in [0.15, 0.2) is 5.78 Å². The zero-order chi connectivity index (χ0) is 41.9. The summed E-state index contributed by atoms with van der Waals surface area (Å²) in [5.41, 5.74) is 1.90. The first-order valence-corrected chi connectivity index (χ1v) is 23.6. The highest BCUT2D eigenvalue weighted by Crippen LogP contribution is 2.57. The first kappa shape index (κ1) is 41.9. The van der Waals surface area contributed by atoms with Crippen LogP contribution >= 0.6 is 0 Å². The van der Waals surface area contributed by atoms with E-state index in [-0.39, 0.29) is 49.2 Å². The minimum Gasteiger partial charge on any atom is -0.496 e. The molecule has 3 aliphatic heterocycles. The summed E-state index contributed by atoms with van der Waals surface area (Å²) in [6.45, 7) is 0.117. The normalized spacial score (nSPS) is 28.2. The van der Waals surface area contributed by atoms with E-state index in [9.17, 15) is 27.6 Å². The van der Waals surface area contributed by atoms with Crippen molar-refractivity contribution in [2.45, 2.75) is 127 Å². The van der Waals surface area contributed by atoms with Crippen LogP contribution in [0, 0.1) is 17.3 Å². The summed E-state index contributed by atoms with van der Waals surface area (Å²) >= 11 is 0. The van der Waals surface area contributed by atoms with E-state index in [0.29, 0.717) is 54.8 Å². The van der Waals surface area contributed by atoms with Gasteiger partial charge >= 0.3 is 0 Å². The molecule has 2 saturated carbocycles. The van der Waals surface area contributed by atoms with E-state index in [0.717, 1.165) is 74.3 Å². The van der Waals surface area contributed by atoms with Crippen molar-refractivity contribution in [1.82, 2.24) is 14.6 Å². The Hall–Kier alpha value is -4.84. The molecule has 12 heteroatoms. The molecule has 60 heavy (non-hydrogen) atoms. The Morgan fingerprint density at radius 3 is 2.48 bits per heavy atom. The van der Waals surface area contributed by atoms with E-state index in [4.69, 9.17) is 14.5 Å². The summed E-state index contributed by atoms with van der Waals surface area (Å²) in [6, 6.07) is 14.7. The number of nitrogens with zero attached hydrogens (tertiary/aromatic N) is 2. The van der Waals surface area contributed by atoms with Gasteiger partial charge in [-0.1, -0.05) is 80.3 Å². The molecule has 3 fully saturated rings. The number of rotatable bonds is 5. The quantitative estimate of drug-likeness (QED) is 0.251. The van der Waals surface area contributed by atoms with Crippen LogP contribution in [0.25, 0.3) is 28.2 Å². The number of hydrogen-bond acceptors (Lipinski definition) is 9. The Kier molecular flexibility index (Phi) is 12.6. The number of sulfonamides is 1. The number of fused-ring (bicyclic) bond motifs is 4. The van der Waals surface area contributed by atoms with Crippen LogP contribution < -0.4 is 14.2 Å². The molecule has 5 atom stereocenters. The molecule has 4 heterocycles. The monoisotopic (exact) mass is 835 g/mol. The molecular weight excluding hydrogens is 779 g/mol. The lowest BCUT2D eigenvalue weighted by atomic mass is 9.90. The first-order valence-electron chi connectivity index (χ1n) is 22.0. The molecular formula is C48H57N3O8S. The van der Waals surface area contributed by atoms with Crippen molar-refractivity contribution < 1.29 is 37.1 Å². The Morgan fingerprint density at radius 2 is 1.70 bits per heavy atom. The summed E-state index contributed by atoms with van der Waals surface area (Å²) < 4.78 is 41.1. The van der Waals surface area contributed by atoms with Gasteiger partial charge in [0.1, 0.15) is 23.4 Å². The largest absolute Gasteiger partial charge is 0.496 e. The Balaban J connectivity index is 1.18. The average molecular weight is 836 g/mol. The molecule has 5 bridgehead atoms. The second kappa shape index (κ2) is 18.0. The summed E-state index contributed by atoms with van der Waals surface area (Å²) in [5, 5.41) is 0.173. The minimum absolute atomic E-state index is 0.0601. The number of aromatic nitrogens is 1. The highest BCUT2D eigenvalue weighted by Gasteiger charge is 2.61. The number of ketones is 2. The number of hydrogen-bond donors (Lipinski definition) is 1. The first-order chi connectivity index (χ1) is 29.0. The molecule has 3 aromatic rings. The van der Waals surface area contributed by atoms with Crippen LogP contribution in [-0.2, 0) is 29.2 Å². The summed E-state index contributed by atoms with van der Waals surface area (Å²) in [4.78, 5) is 63.8. The Bertz CT molecular complexity index is 2290. The van der Waals surface area contributed by atoms with Crippen molar-refractivity contribution in [3.63, 3.8) is 0 Å². The second-order valence-electron chi connectivity index (χ2n) is 17.6. The predicted octanol–water partition coefficient (Wildman–Crippen LogP) is 8.30. The van der Waals surface area contributed by atoms with Gasteiger partial charge in [-0.3, -0.25) is 23.9 Å². The van der Waals surface area contributed by atoms with Crippen LogP contribution in [-0.4, -0.2) is 72.7 Å². The molecule has 11 nitrogen and oxygen atoms in total. The van der Waals surface area contributed by atoms with Gasteiger partial charge in [0.2, 0.25) is 21.8 Å². The summed E-state index contributed by atoms with van der Waals surface area (Å²) in [5.74, 6) is -0.770. The van der Waals surface area contributed by atoms with Crippen molar-refractivity contribution in [3.05, 3.63) is 72.3 Å². The SMILES string of the molecule is COc1cc2nc(-c3ccccc3)cc3c2cc1/C=C/CCCCCCC(=O)C[C@H]1CCCCC/C=C\[C@@H]2C[C@@]2(C(=O)NS(=O)(=O)C2CC2)CC(=O)[C@@H]2C[C@H](CN2C1=O)O3. The smallest absolute Gasteiger partial charge is 0.240 e. The van der Waals surface area contributed by atoms with Gasteiger partial charge in [-0.05, 0) is 69.8 Å². The summed E-state index contributed by atoms with van der Waals surface area (Å²) in [6.07, 6.45) is 17.8. The molecule has 1 N–H and O–H groups in total. The minimum atomic E-state index is -3.85. The molecule has 0 unspecified atom stereocenters. The fraction of sp³-hybridized carbons (Fsp3) is 0.521. The van der Waals surface area contributed by atoms with Gasteiger partial charge in [0, 0.05) is 60.2 Å². The molecule has 1 saturated heterocycles. The maximum Gasteiger partial charge on any atom is 0.240 e. The van der Waals surface area contributed by atoms with Crippen molar-refractivity contribution >= 4 is 50.4 Å². The maximum absolute atomic E-state index is 14.9. The molecule has 318 valence electrons. The van der Waals surface area contributed by atoms with Crippen LogP contribution in [0.1, 0.15) is 115 Å². The lowest BCUT2D eigenvalue weighted by Crippen LogP contribution is -2.46. The zero-order valence-corrected chi connectivity index (χ0v) is 35.4. The number of nitrogens with one attached hydrogen (secondary N) is 1. The fourth-order valence-electron chi connectivity index (χ4n) is 9.43. The van der Waals surface area contributed by atoms with Gasteiger partial charge in [-0.15, -0.1) is 0 Å². The van der Waals surface area contributed by atoms with Crippen molar-refractivity contribution in [1.29, 1.82) is 0 Å². The van der Waals surface area contributed by atoms with Crippen LogP contribution in [0.4, 0.5) is 0 Å². The van der Waals surface area contributed by atoms with E-state index in [1.54, 1.807) is 12.0 Å². The molecule has 0 radical (unpaired) electrons. The van der Waals surface area contributed by atoms with Gasteiger partial charge in [-0.25, -0.2) is 13.4 Å². The number of amides is 2. The maximum atomic E-state index is 14.9. The number of ether oxygens (including phenoxy) is 2. The summed E-state index contributed by atoms with van der Waals surface area (Å²) in [7, 11) is -2.20. The third-order valence-electron chi connectivity index (χ3n) is 13.2. The van der Waals surface area contributed by atoms with Crippen LogP contribution in [0.5, 0.6) is 11.5 Å². The molecule has 2 amide bonds. The predicted molar refractivity (Wildman–Crippen MR) is 231 cm³/mol. The Morgan fingerprint density at radius 1 is 0.933 bits per heavy atom. The van der Waals surface area contributed by atoms with Crippen LogP contribution in [0.2, 0.25) is 0 Å². The number of benzene rings is 2. The Labute approximate surface area is 353 Å². The van der Waals surface area contributed by atoms with E-state index >= 15 is 0 Å². The lowest BCUT2D eigenvalue weighted by molar-refractivity contribution is -0.143. The highest BCUT2D eigenvalue weighted by molar-refractivity contribution is 7.90. The number of methoxy groups -OCH3 is 1. The van der Waals surface area contributed by atoms with Crippen molar-refractivity contribution in [2.75, 3.05) is 13.7 Å².